The predicted molar refractivity (Wildman–Crippen MR) is 98.0 cm³/mol. The minimum Gasteiger partial charge on any atom is -0.376 e. The number of hydrogen-bond donors (Lipinski definition) is 2. The monoisotopic (exact) mass is 340 g/mol. The quantitative estimate of drug-likeness (QED) is 0.842. The molecule has 0 aliphatic carbocycles. The van der Waals surface area contributed by atoms with Gasteiger partial charge in [-0.25, -0.2) is 9.97 Å². The molecule has 6 nitrogen and oxygen atoms in total. The van der Waals surface area contributed by atoms with Crippen molar-refractivity contribution < 1.29 is 9.53 Å². The van der Waals surface area contributed by atoms with Gasteiger partial charge in [-0.15, -0.1) is 0 Å². The topological polar surface area (TPSA) is 76.1 Å². The van der Waals surface area contributed by atoms with Crippen molar-refractivity contribution >= 4 is 17.5 Å². The summed E-state index contributed by atoms with van der Waals surface area (Å²) in [4.78, 5) is 20.7. The van der Waals surface area contributed by atoms with Gasteiger partial charge in [-0.3, -0.25) is 4.79 Å². The number of nitrogens with one attached hydrogen (secondary N) is 2. The molecule has 1 unspecified atom stereocenters. The smallest absolute Gasteiger partial charge is 0.258 e. The number of benzene rings is 1. The van der Waals surface area contributed by atoms with Crippen LogP contribution in [0.4, 0.5) is 11.6 Å². The van der Waals surface area contributed by atoms with E-state index in [1.807, 2.05) is 24.3 Å². The van der Waals surface area contributed by atoms with E-state index in [-0.39, 0.29) is 12.0 Å². The summed E-state index contributed by atoms with van der Waals surface area (Å²) in [6.07, 6.45) is 5.44. The maximum atomic E-state index is 12.3. The second kappa shape index (κ2) is 8.07. The lowest BCUT2D eigenvalue weighted by molar-refractivity contribution is 0.102. The van der Waals surface area contributed by atoms with Crippen molar-refractivity contribution in [2.45, 2.75) is 38.7 Å². The van der Waals surface area contributed by atoms with E-state index in [0.717, 1.165) is 25.1 Å². The molecule has 0 saturated carbocycles. The van der Waals surface area contributed by atoms with Crippen molar-refractivity contribution in [2.75, 3.05) is 23.8 Å². The fourth-order valence-corrected chi connectivity index (χ4v) is 2.70. The van der Waals surface area contributed by atoms with Crippen molar-refractivity contribution in [1.82, 2.24) is 9.97 Å². The van der Waals surface area contributed by atoms with Gasteiger partial charge in [0.05, 0.1) is 11.7 Å². The molecule has 1 aliphatic heterocycles. The second-order valence-corrected chi connectivity index (χ2v) is 6.54. The second-order valence-electron chi connectivity index (χ2n) is 6.54. The summed E-state index contributed by atoms with van der Waals surface area (Å²) in [6.45, 7) is 5.79. The number of amides is 1. The molecule has 2 aromatic rings. The molecule has 2 heterocycles. The molecule has 0 bridgehead atoms. The summed E-state index contributed by atoms with van der Waals surface area (Å²) in [5.74, 6) is 0.754. The van der Waals surface area contributed by atoms with E-state index in [9.17, 15) is 4.79 Å². The van der Waals surface area contributed by atoms with E-state index in [2.05, 4.69) is 34.4 Å². The molecule has 132 valence electrons. The van der Waals surface area contributed by atoms with Crippen LogP contribution < -0.4 is 10.6 Å². The van der Waals surface area contributed by atoms with Crippen molar-refractivity contribution in [3.63, 3.8) is 0 Å². The third-order valence-electron chi connectivity index (χ3n) is 4.26. The Morgan fingerprint density at radius 3 is 2.56 bits per heavy atom. The van der Waals surface area contributed by atoms with E-state index >= 15 is 0 Å². The molecular formula is C19H24N4O2. The average Bonchev–Trinajstić information content (AvgIpc) is 3.14. The Morgan fingerprint density at radius 1 is 1.24 bits per heavy atom. The van der Waals surface area contributed by atoms with E-state index in [0.29, 0.717) is 24.0 Å². The molecule has 2 N–H and O–H groups in total. The largest absolute Gasteiger partial charge is 0.376 e. The number of carbonyl (C=O) groups is 1. The van der Waals surface area contributed by atoms with Crippen LogP contribution in [0.2, 0.25) is 0 Å². The Bertz CT molecular complexity index is 692. The van der Waals surface area contributed by atoms with Crippen LogP contribution in [0.3, 0.4) is 0 Å². The maximum absolute atomic E-state index is 12.3. The van der Waals surface area contributed by atoms with Crippen LogP contribution in [0.15, 0.2) is 36.7 Å². The van der Waals surface area contributed by atoms with Crippen molar-refractivity contribution in [3.05, 3.63) is 47.8 Å². The highest BCUT2D eigenvalue weighted by molar-refractivity contribution is 6.03. The summed E-state index contributed by atoms with van der Waals surface area (Å²) in [5.41, 5.74) is 2.42. The van der Waals surface area contributed by atoms with Gasteiger partial charge in [-0.1, -0.05) is 26.0 Å². The molecule has 3 rings (SSSR count). The SMILES string of the molecule is CC(C)c1ccc(NC(=O)c2cnc(NCC3CCCO3)nc2)cc1. The first kappa shape index (κ1) is 17.4. The first-order valence-corrected chi connectivity index (χ1v) is 8.70. The number of anilines is 2. The van der Waals surface area contributed by atoms with Crippen LogP contribution in [0.25, 0.3) is 0 Å². The summed E-state index contributed by atoms with van der Waals surface area (Å²) in [5, 5.41) is 6.00. The minimum atomic E-state index is -0.219. The summed E-state index contributed by atoms with van der Waals surface area (Å²) in [6, 6.07) is 7.86. The van der Waals surface area contributed by atoms with Crippen LogP contribution in [0.5, 0.6) is 0 Å². The summed E-state index contributed by atoms with van der Waals surface area (Å²) >= 11 is 0. The Kier molecular flexibility index (Phi) is 5.60. The van der Waals surface area contributed by atoms with E-state index in [1.54, 1.807) is 0 Å². The zero-order valence-corrected chi connectivity index (χ0v) is 14.7. The van der Waals surface area contributed by atoms with E-state index in [4.69, 9.17) is 4.74 Å². The molecular weight excluding hydrogens is 316 g/mol. The third-order valence-corrected chi connectivity index (χ3v) is 4.26. The number of carbonyl (C=O) groups excluding carboxylic acids is 1. The molecule has 6 heteroatoms. The Morgan fingerprint density at radius 2 is 1.96 bits per heavy atom. The molecule has 0 radical (unpaired) electrons. The van der Waals surface area contributed by atoms with Crippen molar-refractivity contribution in [1.29, 1.82) is 0 Å². The molecule has 1 aromatic heterocycles. The predicted octanol–water partition coefficient (Wildman–Crippen LogP) is 3.44. The van der Waals surface area contributed by atoms with Crippen LogP contribution in [-0.4, -0.2) is 35.1 Å². The minimum absolute atomic E-state index is 0.219. The van der Waals surface area contributed by atoms with Gasteiger partial charge < -0.3 is 15.4 Å². The van der Waals surface area contributed by atoms with Crippen LogP contribution >= 0.6 is 0 Å². The fourth-order valence-electron chi connectivity index (χ4n) is 2.70. The number of ether oxygens (including phenoxy) is 1. The van der Waals surface area contributed by atoms with Gasteiger partial charge >= 0.3 is 0 Å². The van der Waals surface area contributed by atoms with Gasteiger partial charge in [0, 0.05) is 31.2 Å². The van der Waals surface area contributed by atoms with Crippen LogP contribution in [0, 0.1) is 0 Å². The van der Waals surface area contributed by atoms with Gasteiger partial charge in [0.15, 0.2) is 0 Å². The highest BCUT2D eigenvalue weighted by Gasteiger charge is 2.15. The van der Waals surface area contributed by atoms with Gasteiger partial charge in [-0.2, -0.15) is 0 Å². The normalized spacial score (nSPS) is 16.8. The average molecular weight is 340 g/mol. The first-order valence-electron chi connectivity index (χ1n) is 8.70. The molecule has 25 heavy (non-hydrogen) atoms. The molecule has 1 aromatic carbocycles. The number of aromatic nitrogens is 2. The zero-order chi connectivity index (χ0) is 17.6. The van der Waals surface area contributed by atoms with Crippen LogP contribution in [0.1, 0.15) is 48.5 Å². The number of nitrogens with zero attached hydrogens (tertiary/aromatic N) is 2. The maximum Gasteiger partial charge on any atom is 0.258 e. The standard InChI is InChI=1S/C19H24N4O2/c1-13(2)14-5-7-16(8-6-14)23-18(24)15-10-20-19(21-11-15)22-12-17-4-3-9-25-17/h5-8,10-11,13,17H,3-4,9,12H2,1-2H3,(H,23,24)(H,20,21,22). The lowest BCUT2D eigenvalue weighted by Crippen LogP contribution is -2.20. The molecule has 1 fully saturated rings. The lowest BCUT2D eigenvalue weighted by atomic mass is 10.0. The van der Waals surface area contributed by atoms with Gasteiger partial charge in [0.25, 0.3) is 5.91 Å². The highest BCUT2D eigenvalue weighted by atomic mass is 16.5. The third kappa shape index (κ3) is 4.76. The summed E-state index contributed by atoms with van der Waals surface area (Å²) < 4.78 is 5.54. The number of hydrogen-bond acceptors (Lipinski definition) is 5. The van der Waals surface area contributed by atoms with Crippen molar-refractivity contribution in [2.24, 2.45) is 0 Å². The first-order chi connectivity index (χ1) is 12.1. The van der Waals surface area contributed by atoms with Gasteiger partial charge in [0.2, 0.25) is 5.95 Å². The van der Waals surface area contributed by atoms with Crippen molar-refractivity contribution in [3.8, 4) is 0 Å². The van der Waals surface area contributed by atoms with Crippen LogP contribution in [-0.2, 0) is 4.74 Å². The van der Waals surface area contributed by atoms with E-state index in [1.165, 1.54) is 18.0 Å². The Hall–Kier alpha value is -2.47. The Labute approximate surface area is 148 Å². The molecule has 1 amide bonds. The summed E-state index contributed by atoms with van der Waals surface area (Å²) in [7, 11) is 0. The van der Waals surface area contributed by atoms with Gasteiger partial charge in [-0.05, 0) is 36.5 Å². The number of rotatable bonds is 6. The molecule has 1 saturated heterocycles. The van der Waals surface area contributed by atoms with Gasteiger partial charge in [0.1, 0.15) is 0 Å². The highest BCUT2D eigenvalue weighted by Crippen LogP contribution is 2.17. The lowest BCUT2D eigenvalue weighted by Gasteiger charge is -2.11. The van der Waals surface area contributed by atoms with E-state index < -0.39 is 0 Å². The molecule has 0 spiro atoms. The molecule has 1 atom stereocenters. The Balaban J connectivity index is 1.54. The zero-order valence-electron chi connectivity index (χ0n) is 14.7. The fraction of sp³-hybridized carbons (Fsp3) is 0.421. The molecule has 1 aliphatic rings.